The minimum Gasteiger partial charge on any atom is -0.334 e. The van der Waals surface area contributed by atoms with Crippen LogP contribution in [0.2, 0.25) is 0 Å². The molecule has 2 aromatic carbocycles. The Kier molecular flexibility index (Phi) is 5.32. The number of aryl methyl sites for hydroxylation is 1. The molecule has 22 heavy (non-hydrogen) atoms. The molecule has 2 aromatic rings. The lowest BCUT2D eigenvalue weighted by Crippen LogP contribution is -2.31. The maximum Gasteiger partial charge on any atom is 0.254 e. The van der Waals surface area contributed by atoms with Crippen molar-refractivity contribution in [2.24, 2.45) is 0 Å². The number of amides is 1. The fraction of sp³-hybridized carbons (Fsp3) is 0.263. The van der Waals surface area contributed by atoms with Crippen molar-refractivity contribution < 1.29 is 4.79 Å². The monoisotopic (exact) mass is 292 g/mol. The Labute approximate surface area is 131 Å². The van der Waals surface area contributed by atoms with Crippen LogP contribution in [0.4, 0.5) is 0 Å². The largest absolute Gasteiger partial charge is 0.334 e. The first-order valence-electron chi connectivity index (χ1n) is 7.49. The second-order valence-corrected chi connectivity index (χ2v) is 5.35. The van der Waals surface area contributed by atoms with Crippen LogP contribution in [0.3, 0.4) is 0 Å². The molecule has 0 aliphatic heterocycles. The van der Waals surface area contributed by atoms with Crippen molar-refractivity contribution in [1.82, 2.24) is 4.90 Å². The first-order valence-corrected chi connectivity index (χ1v) is 7.49. The SMILES string of the molecule is CCCN(Cc1ccc(C#N)cc1)C(=O)c1ccccc1C. The average Bonchev–Trinajstić information content (AvgIpc) is 2.55. The number of hydrogen-bond acceptors (Lipinski definition) is 2. The van der Waals surface area contributed by atoms with Crippen molar-refractivity contribution in [2.75, 3.05) is 6.54 Å². The van der Waals surface area contributed by atoms with Gasteiger partial charge in [0, 0.05) is 18.7 Å². The van der Waals surface area contributed by atoms with Crippen LogP contribution in [0.1, 0.15) is 40.4 Å². The molecule has 112 valence electrons. The predicted octanol–water partition coefficient (Wildman–Crippen LogP) is 3.92. The van der Waals surface area contributed by atoms with E-state index in [4.69, 9.17) is 5.26 Å². The van der Waals surface area contributed by atoms with Gasteiger partial charge < -0.3 is 4.90 Å². The summed E-state index contributed by atoms with van der Waals surface area (Å²) in [6.45, 7) is 5.30. The molecule has 0 aliphatic carbocycles. The maximum absolute atomic E-state index is 12.8. The predicted molar refractivity (Wildman–Crippen MR) is 87.4 cm³/mol. The molecule has 2 rings (SSSR count). The summed E-state index contributed by atoms with van der Waals surface area (Å²) in [6, 6.07) is 17.2. The van der Waals surface area contributed by atoms with Gasteiger partial charge >= 0.3 is 0 Å². The minimum atomic E-state index is 0.0595. The van der Waals surface area contributed by atoms with Gasteiger partial charge in [-0.3, -0.25) is 4.79 Å². The summed E-state index contributed by atoms with van der Waals surface area (Å²) in [6.07, 6.45) is 0.911. The van der Waals surface area contributed by atoms with E-state index in [1.807, 2.05) is 48.2 Å². The molecular formula is C19H20N2O. The third kappa shape index (κ3) is 3.73. The van der Waals surface area contributed by atoms with Gasteiger partial charge in [-0.25, -0.2) is 0 Å². The number of nitriles is 1. The molecule has 0 aliphatic rings. The van der Waals surface area contributed by atoms with Crippen molar-refractivity contribution in [1.29, 1.82) is 5.26 Å². The molecule has 0 radical (unpaired) electrons. The van der Waals surface area contributed by atoms with Crippen molar-refractivity contribution in [3.63, 3.8) is 0 Å². The zero-order valence-electron chi connectivity index (χ0n) is 13.0. The molecule has 0 saturated carbocycles. The van der Waals surface area contributed by atoms with Crippen molar-refractivity contribution in [2.45, 2.75) is 26.8 Å². The highest BCUT2D eigenvalue weighted by molar-refractivity contribution is 5.95. The smallest absolute Gasteiger partial charge is 0.254 e. The average molecular weight is 292 g/mol. The van der Waals surface area contributed by atoms with Crippen LogP contribution in [-0.2, 0) is 6.54 Å². The zero-order valence-corrected chi connectivity index (χ0v) is 13.0. The summed E-state index contributed by atoms with van der Waals surface area (Å²) in [5.41, 5.74) is 3.42. The molecule has 0 fully saturated rings. The van der Waals surface area contributed by atoms with Gasteiger partial charge in [0.25, 0.3) is 5.91 Å². The number of carbonyl (C=O) groups is 1. The van der Waals surface area contributed by atoms with Crippen LogP contribution in [0.5, 0.6) is 0 Å². The van der Waals surface area contributed by atoms with Crippen LogP contribution in [-0.4, -0.2) is 17.4 Å². The normalized spacial score (nSPS) is 10.0. The molecule has 3 heteroatoms. The summed E-state index contributed by atoms with van der Waals surface area (Å²) < 4.78 is 0. The molecule has 0 saturated heterocycles. The van der Waals surface area contributed by atoms with Gasteiger partial charge in [-0.05, 0) is 42.7 Å². The third-order valence-corrected chi connectivity index (χ3v) is 3.61. The van der Waals surface area contributed by atoms with Gasteiger partial charge in [0.05, 0.1) is 11.6 Å². The highest BCUT2D eigenvalue weighted by Gasteiger charge is 2.16. The topological polar surface area (TPSA) is 44.1 Å². The molecule has 0 heterocycles. The van der Waals surface area contributed by atoms with E-state index in [-0.39, 0.29) is 5.91 Å². The Morgan fingerprint density at radius 2 is 1.82 bits per heavy atom. The van der Waals surface area contributed by atoms with E-state index < -0.39 is 0 Å². The number of benzene rings is 2. The van der Waals surface area contributed by atoms with Gasteiger partial charge in [0.1, 0.15) is 0 Å². The van der Waals surface area contributed by atoms with Crippen LogP contribution < -0.4 is 0 Å². The minimum absolute atomic E-state index is 0.0595. The van der Waals surface area contributed by atoms with Gasteiger partial charge in [-0.2, -0.15) is 5.26 Å². The van der Waals surface area contributed by atoms with Gasteiger partial charge in [0.2, 0.25) is 0 Å². The fourth-order valence-electron chi connectivity index (χ4n) is 2.41. The molecule has 0 bridgehead atoms. The highest BCUT2D eigenvalue weighted by atomic mass is 16.2. The van der Waals surface area contributed by atoms with Crippen molar-refractivity contribution in [3.8, 4) is 6.07 Å². The summed E-state index contributed by atoms with van der Waals surface area (Å²) in [5.74, 6) is 0.0595. The second kappa shape index (κ2) is 7.42. The van der Waals surface area contributed by atoms with Crippen molar-refractivity contribution in [3.05, 3.63) is 70.8 Å². The van der Waals surface area contributed by atoms with E-state index in [9.17, 15) is 4.79 Å². The molecule has 3 nitrogen and oxygen atoms in total. The summed E-state index contributed by atoms with van der Waals surface area (Å²) >= 11 is 0. The van der Waals surface area contributed by atoms with Gasteiger partial charge in [-0.1, -0.05) is 37.3 Å². The molecular weight excluding hydrogens is 272 g/mol. The van der Waals surface area contributed by atoms with Gasteiger partial charge in [-0.15, -0.1) is 0 Å². The first-order chi connectivity index (χ1) is 10.7. The first kappa shape index (κ1) is 15.8. The standard InChI is InChI=1S/C19H20N2O/c1-3-12-21(14-17-10-8-16(13-20)9-11-17)19(22)18-7-5-4-6-15(18)2/h4-11H,3,12,14H2,1-2H3. The number of rotatable bonds is 5. The lowest BCUT2D eigenvalue weighted by atomic mass is 10.1. The Morgan fingerprint density at radius 1 is 1.14 bits per heavy atom. The summed E-state index contributed by atoms with van der Waals surface area (Å²) in [4.78, 5) is 14.6. The summed E-state index contributed by atoms with van der Waals surface area (Å²) in [7, 11) is 0. The Balaban J connectivity index is 2.20. The van der Waals surface area contributed by atoms with E-state index in [0.29, 0.717) is 18.7 Å². The summed E-state index contributed by atoms with van der Waals surface area (Å²) in [5, 5.41) is 8.85. The number of hydrogen-bond donors (Lipinski definition) is 0. The van der Waals surface area contributed by atoms with E-state index in [1.165, 1.54) is 0 Å². The van der Waals surface area contributed by atoms with E-state index >= 15 is 0 Å². The highest BCUT2D eigenvalue weighted by Crippen LogP contribution is 2.14. The van der Waals surface area contributed by atoms with E-state index in [1.54, 1.807) is 12.1 Å². The van der Waals surface area contributed by atoms with Crippen LogP contribution in [0.25, 0.3) is 0 Å². The lowest BCUT2D eigenvalue weighted by molar-refractivity contribution is 0.0742. The second-order valence-electron chi connectivity index (χ2n) is 5.35. The molecule has 0 unspecified atom stereocenters. The molecule has 0 aromatic heterocycles. The van der Waals surface area contributed by atoms with Crippen LogP contribution in [0.15, 0.2) is 48.5 Å². The quantitative estimate of drug-likeness (QED) is 0.838. The lowest BCUT2D eigenvalue weighted by Gasteiger charge is -2.23. The van der Waals surface area contributed by atoms with E-state index in [0.717, 1.165) is 23.1 Å². The third-order valence-electron chi connectivity index (χ3n) is 3.61. The van der Waals surface area contributed by atoms with Crippen LogP contribution in [0, 0.1) is 18.3 Å². The Hall–Kier alpha value is -2.60. The molecule has 1 amide bonds. The Bertz CT molecular complexity index is 683. The Morgan fingerprint density at radius 3 is 2.41 bits per heavy atom. The number of nitrogens with zero attached hydrogens (tertiary/aromatic N) is 2. The van der Waals surface area contributed by atoms with Crippen LogP contribution >= 0.6 is 0 Å². The molecule has 0 N–H and O–H groups in total. The molecule has 0 atom stereocenters. The maximum atomic E-state index is 12.8. The zero-order chi connectivity index (χ0) is 15.9. The van der Waals surface area contributed by atoms with Crippen molar-refractivity contribution >= 4 is 5.91 Å². The fourth-order valence-corrected chi connectivity index (χ4v) is 2.41. The molecule has 0 spiro atoms. The van der Waals surface area contributed by atoms with E-state index in [2.05, 4.69) is 13.0 Å². The number of carbonyl (C=O) groups excluding carboxylic acids is 1. The van der Waals surface area contributed by atoms with Gasteiger partial charge in [0.15, 0.2) is 0 Å².